The molecule has 0 radical (unpaired) electrons. The summed E-state index contributed by atoms with van der Waals surface area (Å²) in [5.74, 6) is 0. The molecule has 2 aliphatic rings. The highest BCUT2D eigenvalue weighted by Gasteiger charge is 2.59. The summed E-state index contributed by atoms with van der Waals surface area (Å²) in [4.78, 5) is 0. The average Bonchev–Trinajstić information content (AvgIpc) is 2.37. The maximum Gasteiger partial charge on any atom is 0.0637 e. The quantitative estimate of drug-likeness (QED) is 0.521. The fourth-order valence-electron chi connectivity index (χ4n) is 2.53. The third-order valence-electron chi connectivity index (χ3n) is 4.29. The Hall–Kier alpha value is -0.0400. The molecule has 0 aromatic rings. The van der Waals surface area contributed by atoms with Crippen LogP contribution in [0.3, 0.4) is 0 Å². The van der Waals surface area contributed by atoms with Gasteiger partial charge in [-0.3, -0.25) is 0 Å². The standard InChI is InChI=1S/C10H18O/c1-9(2)7-5-6-8(11-7)10(9,3)4/h7-8H,5-6H2,1-4H3/t7-,8+. The normalized spacial score (nSPS) is 44.7. The second-order valence-corrected chi connectivity index (χ2v) is 5.13. The molecule has 2 heterocycles. The Balaban J connectivity index is 2.36. The number of rotatable bonds is 0. The summed E-state index contributed by atoms with van der Waals surface area (Å²) in [6.45, 7) is 9.38. The van der Waals surface area contributed by atoms with Crippen molar-refractivity contribution >= 4 is 0 Å². The van der Waals surface area contributed by atoms with E-state index in [0.29, 0.717) is 23.0 Å². The lowest BCUT2D eigenvalue weighted by molar-refractivity contribution is 0.0725. The van der Waals surface area contributed by atoms with Gasteiger partial charge in [0.15, 0.2) is 0 Å². The Labute approximate surface area is 69.1 Å². The fourth-order valence-corrected chi connectivity index (χ4v) is 2.53. The second-order valence-electron chi connectivity index (χ2n) is 5.13. The first-order valence-electron chi connectivity index (χ1n) is 4.62. The van der Waals surface area contributed by atoms with Gasteiger partial charge in [0.25, 0.3) is 0 Å². The summed E-state index contributed by atoms with van der Waals surface area (Å²) in [7, 11) is 0. The lowest BCUT2D eigenvalue weighted by Gasteiger charge is -2.42. The highest BCUT2D eigenvalue weighted by Crippen LogP contribution is 2.58. The molecule has 0 amide bonds. The third-order valence-corrected chi connectivity index (χ3v) is 4.29. The highest BCUT2D eigenvalue weighted by molar-refractivity contribution is 5.07. The third kappa shape index (κ3) is 0.703. The first-order chi connectivity index (χ1) is 4.96. The summed E-state index contributed by atoms with van der Waals surface area (Å²) in [6, 6.07) is 0. The number of ether oxygens (including phenoxy) is 1. The van der Waals surface area contributed by atoms with Crippen molar-refractivity contribution in [2.75, 3.05) is 0 Å². The lowest BCUT2D eigenvalue weighted by atomic mass is 9.60. The summed E-state index contributed by atoms with van der Waals surface area (Å²) in [5.41, 5.74) is 0.770. The van der Waals surface area contributed by atoms with Crippen molar-refractivity contribution in [3.8, 4) is 0 Å². The van der Waals surface area contributed by atoms with E-state index in [1.807, 2.05) is 0 Å². The first kappa shape index (κ1) is 7.60. The van der Waals surface area contributed by atoms with E-state index in [1.54, 1.807) is 0 Å². The predicted molar refractivity (Wildman–Crippen MR) is 45.5 cm³/mol. The summed E-state index contributed by atoms with van der Waals surface area (Å²) in [6.07, 6.45) is 3.62. The van der Waals surface area contributed by atoms with Crippen LogP contribution in [0.25, 0.3) is 0 Å². The fraction of sp³-hybridized carbons (Fsp3) is 1.00. The van der Waals surface area contributed by atoms with Crippen molar-refractivity contribution in [1.82, 2.24) is 0 Å². The van der Waals surface area contributed by atoms with Gasteiger partial charge in [0, 0.05) is 0 Å². The predicted octanol–water partition coefficient (Wildman–Crippen LogP) is 2.60. The van der Waals surface area contributed by atoms with Crippen molar-refractivity contribution < 1.29 is 4.74 Å². The SMILES string of the molecule is CC1(C)[C@@H]2CC[C@@H](O2)C1(C)C. The monoisotopic (exact) mass is 154 g/mol. The van der Waals surface area contributed by atoms with Crippen molar-refractivity contribution in [2.45, 2.75) is 52.7 Å². The van der Waals surface area contributed by atoms with Crippen molar-refractivity contribution in [3.63, 3.8) is 0 Å². The van der Waals surface area contributed by atoms with E-state index >= 15 is 0 Å². The topological polar surface area (TPSA) is 9.23 Å². The van der Waals surface area contributed by atoms with Gasteiger partial charge in [-0.05, 0) is 23.7 Å². The van der Waals surface area contributed by atoms with Crippen molar-refractivity contribution in [2.24, 2.45) is 10.8 Å². The van der Waals surface area contributed by atoms with Gasteiger partial charge in [-0.1, -0.05) is 27.7 Å². The Bertz CT molecular complexity index is 161. The molecule has 1 nitrogen and oxygen atoms in total. The van der Waals surface area contributed by atoms with Crippen molar-refractivity contribution in [3.05, 3.63) is 0 Å². The van der Waals surface area contributed by atoms with Crippen LogP contribution in [0.2, 0.25) is 0 Å². The average molecular weight is 154 g/mol. The van der Waals surface area contributed by atoms with E-state index in [9.17, 15) is 0 Å². The van der Waals surface area contributed by atoms with Crippen LogP contribution in [0.4, 0.5) is 0 Å². The summed E-state index contributed by atoms with van der Waals surface area (Å²) >= 11 is 0. The van der Waals surface area contributed by atoms with Crippen LogP contribution in [0, 0.1) is 10.8 Å². The lowest BCUT2D eigenvalue weighted by Crippen LogP contribution is -2.42. The molecule has 0 aromatic heterocycles. The zero-order valence-corrected chi connectivity index (χ0v) is 7.98. The molecule has 11 heavy (non-hydrogen) atoms. The van der Waals surface area contributed by atoms with Gasteiger partial charge in [0.1, 0.15) is 0 Å². The largest absolute Gasteiger partial charge is 0.374 e. The minimum Gasteiger partial charge on any atom is -0.374 e. The highest BCUT2D eigenvalue weighted by atomic mass is 16.5. The minimum absolute atomic E-state index is 0.385. The van der Waals surface area contributed by atoms with Gasteiger partial charge in [-0.15, -0.1) is 0 Å². The van der Waals surface area contributed by atoms with Crippen LogP contribution in [-0.2, 0) is 4.74 Å². The summed E-state index contributed by atoms with van der Waals surface area (Å²) < 4.78 is 5.90. The van der Waals surface area contributed by atoms with Gasteiger partial charge in [0.2, 0.25) is 0 Å². The molecule has 0 spiro atoms. The molecule has 0 aliphatic carbocycles. The molecule has 2 bridgehead atoms. The van der Waals surface area contributed by atoms with E-state index in [-0.39, 0.29) is 0 Å². The molecule has 64 valence electrons. The number of fused-ring (bicyclic) bond motifs is 2. The van der Waals surface area contributed by atoms with Gasteiger partial charge in [-0.2, -0.15) is 0 Å². The first-order valence-corrected chi connectivity index (χ1v) is 4.62. The van der Waals surface area contributed by atoms with E-state index in [0.717, 1.165) is 0 Å². The van der Waals surface area contributed by atoms with Gasteiger partial charge in [0.05, 0.1) is 12.2 Å². The number of hydrogen-bond acceptors (Lipinski definition) is 1. The van der Waals surface area contributed by atoms with Gasteiger partial charge < -0.3 is 4.74 Å². The molecule has 2 aliphatic heterocycles. The van der Waals surface area contributed by atoms with Crippen molar-refractivity contribution in [1.29, 1.82) is 0 Å². The van der Waals surface area contributed by atoms with Crippen LogP contribution in [0.5, 0.6) is 0 Å². The molecule has 0 aromatic carbocycles. The molecular formula is C10H18O. The zero-order chi connectivity index (χ0) is 8.28. The van der Waals surface area contributed by atoms with Crippen LogP contribution in [0.15, 0.2) is 0 Å². The van der Waals surface area contributed by atoms with Crippen LogP contribution < -0.4 is 0 Å². The smallest absolute Gasteiger partial charge is 0.0637 e. The Morgan fingerprint density at radius 1 is 0.909 bits per heavy atom. The maximum atomic E-state index is 5.90. The zero-order valence-electron chi connectivity index (χ0n) is 7.98. The minimum atomic E-state index is 0.385. The van der Waals surface area contributed by atoms with E-state index in [1.165, 1.54) is 12.8 Å². The molecule has 2 fully saturated rings. The Kier molecular flexibility index (Phi) is 1.26. The molecule has 2 atom stereocenters. The molecule has 2 saturated heterocycles. The summed E-state index contributed by atoms with van der Waals surface area (Å²) in [5, 5.41) is 0. The van der Waals surface area contributed by atoms with Gasteiger partial charge in [-0.25, -0.2) is 0 Å². The van der Waals surface area contributed by atoms with Crippen LogP contribution in [-0.4, -0.2) is 12.2 Å². The molecule has 0 N–H and O–H groups in total. The molecule has 0 unspecified atom stereocenters. The number of hydrogen-bond donors (Lipinski definition) is 0. The maximum absolute atomic E-state index is 5.90. The molecule has 2 rings (SSSR count). The van der Waals surface area contributed by atoms with Gasteiger partial charge >= 0.3 is 0 Å². The Morgan fingerprint density at radius 3 is 1.45 bits per heavy atom. The second kappa shape index (κ2) is 1.82. The van der Waals surface area contributed by atoms with E-state index < -0.39 is 0 Å². The van der Waals surface area contributed by atoms with E-state index in [2.05, 4.69) is 27.7 Å². The Morgan fingerprint density at radius 2 is 1.27 bits per heavy atom. The van der Waals surface area contributed by atoms with Crippen LogP contribution >= 0.6 is 0 Å². The molecular weight excluding hydrogens is 136 g/mol. The van der Waals surface area contributed by atoms with Crippen LogP contribution in [0.1, 0.15) is 40.5 Å². The molecule has 0 saturated carbocycles. The molecule has 1 heteroatoms. The van der Waals surface area contributed by atoms with E-state index in [4.69, 9.17) is 4.74 Å².